The van der Waals surface area contributed by atoms with Crippen LogP contribution in [0, 0.1) is 12.8 Å². The monoisotopic (exact) mass is 396 g/mol. The minimum absolute atomic E-state index is 0.0411. The molecule has 0 spiro atoms. The van der Waals surface area contributed by atoms with Crippen molar-refractivity contribution < 1.29 is 9.59 Å². The second kappa shape index (κ2) is 9.28. The average Bonchev–Trinajstić information content (AvgIpc) is 2.70. The lowest BCUT2D eigenvalue weighted by Gasteiger charge is -2.32. The van der Waals surface area contributed by atoms with Crippen LogP contribution in [-0.4, -0.2) is 35.1 Å². The maximum absolute atomic E-state index is 12.9. The van der Waals surface area contributed by atoms with Gasteiger partial charge in [0.2, 0.25) is 5.91 Å². The van der Waals surface area contributed by atoms with Crippen molar-refractivity contribution in [2.24, 2.45) is 5.92 Å². The first-order valence-electron chi connectivity index (χ1n) is 9.86. The molecule has 0 saturated carbocycles. The molecule has 28 heavy (non-hydrogen) atoms. The molecule has 1 aliphatic rings. The summed E-state index contributed by atoms with van der Waals surface area (Å²) in [6, 6.07) is 15.9. The van der Waals surface area contributed by atoms with Crippen LogP contribution in [-0.2, 0) is 4.79 Å². The van der Waals surface area contributed by atoms with Crippen molar-refractivity contribution in [1.82, 2.24) is 4.90 Å². The zero-order valence-electron chi connectivity index (χ0n) is 16.8. The van der Waals surface area contributed by atoms with Crippen molar-refractivity contribution in [3.63, 3.8) is 0 Å². The van der Waals surface area contributed by atoms with Crippen LogP contribution in [0.5, 0.6) is 0 Å². The van der Waals surface area contributed by atoms with Crippen molar-refractivity contribution in [3.8, 4) is 0 Å². The molecule has 1 heterocycles. The second-order valence-corrected chi connectivity index (χ2v) is 9.02. The van der Waals surface area contributed by atoms with E-state index in [1.807, 2.05) is 48.7 Å². The Hall–Kier alpha value is -2.27. The molecular formula is C23H28N2O2S. The standard InChI is InChI=1S/C23H28N2O2S/c1-16(2)22(26)24-19-6-4-5-18(15-19)23(27)25-13-11-21(12-14-25)28-20-9-7-17(3)8-10-20/h4-10,15-16,21H,11-14H2,1-3H3,(H,24,26). The first-order chi connectivity index (χ1) is 13.4. The third-order valence-corrected chi connectivity index (χ3v) is 6.30. The quantitative estimate of drug-likeness (QED) is 0.775. The molecule has 0 bridgehead atoms. The van der Waals surface area contributed by atoms with Crippen LogP contribution in [0.1, 0.15) is 42.6 Å². The van der Waals surface area contributed by atoms with Gasteiger partial charge in [0.15, 0.2) is 0 Å². The van der Waals surface area contributed by atoms with Crippen LogP contribution in [0.4, 0.5) is 5.69 Å². The smallest absolute Gasteiger partial charge is 0.253 e. The first-order valence-corrected chi connectivity index (χ1v) is 10.7. The van der Waals surface area contributed by atoms with E-state index in [1.165, 1.54) is 10.5 Å². The number of rotatable bonds is 5. The topological polar surface area (TPSA) is 49.4 Å². The molecule has 2 amide bonds. The van der Waals surface area contributed by atoms with Gasteiger partial charge in [-0.2, -0.15) is 0 Å². The van der Waals surface area contributed by atoms with Crippen molar-refractivity contribution in [2.75, 3.05) is 18.4 Å². The number of benzene rings is 2. The Bertz CT molecular complexity index is 825. The summed E-state index contributed by atoms with van der Waals surface area (Å²) in [4.78, 5) is 28.0. The van der Waals surface area contributed by atoms with Gasteiger partial charge in [-0.25, -0.2) is 0 Å². The molecule has 0 aromatic heterocycles. The number of likely N-dealkylation sites (tertiary alicyclic amines) is 1. The van der Waals surface area contributed by atoms with E-state index in [2.05, 4.69) is 36.5 Å². The Morgan fingerprint density at radius 3 is 2.39 bits per heavy atom. The van der Waals surface area contributed by atoms with Gasteiger partial charge >= 0.3 is 0 Å². The first kappa shape index (κ1) is 20.5. The van der Waals surface area contributed by atoms with Crippen molar-refractivity contribution in [3.05, 3.63) is 59.7 Å². The molecule has 148 valence electrons. The third-order valence-electron chi connectivity index (χ3n) is 4.95. The zero-order chi connectivity index (χ0) is 20.1. The van der Waals surface area contributed by atoms with E-state index in [0.29, 0.717) is 16.5 Å². The van der Waals surface area contributed by atoms with Crippen molar-refractivity contribution in [1.29, 1.82) is 0 Å². The highest BCUT2D eigenvalue weighted by Crippen LogP contribution is 2.31. The average molecular weight is 397 g/mol. The Morgan fingerprint density at radius 2 is 1.75 bits per heavy atom. The lowest BCUT2D eigenvalue weighted by molar-refractivity contribution is -0.118. The number of hydrogen-bond acceptors (Lipinski definition) is 3. The van der Waals surface area contributed by atoms with Gasteiger partial charge in [-0.15, -0.1) is 11.8 Å². The zero-order valence-corrected chi connectivity index (χ0v) is 17.6. The van der Waals surface area contributed by atoms with E-state index in [9.17, 15) is 9.59 Å². The van der Waals surface area contributed by atoms with E-state index in [4.69, 9.17) is 0 Å². The number of amides is 2. The number of aryl methyl sites for hydroxylation is 1. The van der Waals surface area contributed by atoms with E-state index >= 15 is 0 Å². The minimum Gasteiger partial charge on any atom is -0.339 e. The lowest BCUT2D eigenvalue weighted by atomic mass is 10.1. The number of hydrogen-bond donors (Lipinski definition) is 1. The van der Waals surface area contributed by atoms with Gasteiger partial charge in [-0.05, 0) is 50.1 Å². The van der Waals surface area contributed by atoms with E-state index < -0.39 is 0 Å². The summed E-state index contributed by atoms with van der Waals surface area (Å²) < 4.78 is 0. The van der Waals surface area contributed by atoms with Crippen LogP contribution < -0.4 is 5.32 Å². The maximum Gasteiger partial charge on any atom is 0.253 e. The Kier molecular flexibility index (Phi) is 6.79. The normalized spacial score (nSPS) is 14.9. The van der Waals surface area contributed by atoms with Crippen LogP contribution in [0.25, 0.3) is 0 Å². The summed E-state index contributed by atoms with van der Waals surface area (Å²) in [6.45, 7) is 7.34. The highest BCUT2D eigenvalue weighted by Gasteiger charge is 2.24. The van der Waals surface area contributed by atoms with Gasteiger partial charge in [-0.3, -0.25) is 9.59 Å². The van der Waals surface area contributed by atoms with E-state index in [0.717, 1.165) is 25.9 Å². The summed E-state index contributed by atoms with van der Waals surface area (Å²) in [5.74, 6) is -0.0950. The van der Waals surface area contributed by atoms with Crippen LogP contribution in [0.2, 0.25) is 0 Å². The molecule has 1 aliphatic heterocycles. The predicted octanol–water partition coefficient (Wildman–Crippen LogP) is 4.99. The molecule has 0 aliphatic carbocycles. The summed E-state index contributed by atoms with van der Waals surface area (Å²) in [5.41, 5.74) is 2.58. The van der Waals surface area contributed by atoms with Crippen LogP contribution in [0.15, 0.2) is 53.4 Å². The van der Waals surface area contributed by atoms with Crippen molar-refractivity contribution >= 4 is 29.3 Å². The van der Waals surface area contributed by atoms with E-state index in [-0.39, 0.29) is 17.7 Å². The largest absolute Gasteiger partial charge is 0.339 e. The van der Waals surface area contributed by atoms with E-state index in [1.54, 1.807) is 6.07 Å². The minimum atomic E-state index is -0.0931. The summed E-state index contributed by atoms with van der Waals surface area (Å²) in [6.07, 6.45) is 1.99. The maximum atomic E-state index is 12.9. The van der Waals surface area contributed by atoms with Crippen LogP contribution >= 0.6 is 11.8 Å². The fraction of sp³-hybridized carbons (Fsp3) is 0.391. The second-order valence-electron chi connectivity index (χ2n) is 7.65. The molecule has 1 saturated heterocycles. The summed E-state index contributed by atoms with van der Waals surface area (Å²) in [7, 11) is 0. The number of nitrogens with one attached hydrogen (secondary N) is 1. The number of carbonyl (C=O) groups excluding carboxylic acids is 2. The molecule has 2 aromatic rings. The van der Waals surface area contributed by atoms with Gasteiger partial charge in [-0.1, -0.05) is 37.6 Å². The molecule has 0 atom stereocenters. The molecule has 4 nitrogen and oxygen atoms in total. The van der Waals surface area contributed by atoms with Gasteiger partial charge in [0.25, 0.3) is 5.91 Å². The third kappa shape index (κ3) is 5.38. The number of anilines is 1. The predicted molar refractivity (Wildman–Crippen MR) is 116 cm³/mol. The molecule has 1 fully saturated rings. The fourth-order valence-corrected chi connectivity index (χ4v) is 4.31. The molecule has 0 unspecified atom stereocenters. The molecule has 3 rings (SSSR count). The molecule has 5 heteroatoms. The highest BCUT2D eigenvalue weighted by atomic mass is 32.2. The molecule has 2 aromatic carbocycles. The number of carbonyl (C=O) groups is 2. The van der Waals surface area contributed by atoms with Gasteiger partial charge < -0.3 is 10.2 Å². The lowest BCUT2D eigenvalue weighted by Crippen LogP contribution is -2.39. The number of thioether (sulfide) groups is 1. The van der Waals surface area contributed by atoms with Gasteiger partial charge in [0, 0.05) is 40.4 Å². The van der Waals surface area contributed by atoms with Crippen molar-refractivity contribution in [2.45, 2.75) is 43.8 Å². The molecule has 1 N–H and O–H groups in total. The summed E-state index contributed by atoms with van der Waals surface area (Å²) >= 11 is 1.91. The van der Waals surface area contributed by atoms with Crippen LogP contribution in [0.3, 0.4) is 0 Å². The summed E-state index contributed by atoms with van der Waals surface area (Å²) in [5, 5.41) is 3.41. The highest BCUT2D eigenvalue weighted by molar-refractivity contribution is 8.00. The Labute approximate surface area is 171 Å². The molecular weight excluding hydrogens is 368 g/mol. The van der Waals surface area contributed by atoms with Gasteiger partial charge in [0.05, 0.1) is 0 Å². The van der Waals surface area contributed by atoms with Gasteiger partial charge in [0.1, 0.15) is 0 Å². The number of piperidine rings is 1. The fourth-order valence-electron chi connectivity index (χ4n) is 3.19. The number of nitrogens with zero attached hydrogens (tertiary/aromatic N) is 1. The molecule has 0 radical (unpaired) electrons. The SMILES string of the molecule is Cc1ccc(SC2CCN(C(=O)c3cccc(NC(=O)C(C)C)c3)CC2)cc1. The Balaban J connectivity index is 1.56. The Morgan fingerprint density at radius 1 is 1.07 bits per heavy atom.